The van der Waals surface area contributed by atoms with E-state index >= 15 is 0 Å². The Hall–Kier alpha value is -0.610. The topological polar surface area (TPSA) is 61.5 Å². The molecule has 0 spiro atoms. The maximum Gasteiger partial charge on any atom is 0.323 e. The van der Waals surface area contributed by atoms with E-state index in [1.165, 1.54) is 0 Å². The third-order valence-electron chi connectivity index (χ3n) is 1.73. The van der Waals surface area contributed by atoms with E-state index in [9.17, 15) is 4.79 Å². The molecule has 0 amide bonds. The van der Waals surface area contributed by atoms with Gasteiger partial charge in [0.15, 0.2) is 0 Å². The molecule has 1 atom stereocenters. The van der Waals surface area contributed by atoms with Crippen LogP contribution in [-0.2, 0) is 14.3 Å². The van der Waals surface area contributed by atoms with Crippen LogP contribution < -0.4 is 5.73 Å². The summed E-state index contributed by atoms with van der Waals surface area (Å²) in [7, 11) is 0. The lowest BCUT2D eigenvalue weighted by Gasteiger charge is -2.29. The summed E-state index contributed by atoms with van der Waals surface area (Å²) in [5.74, 6) is -0.158. The molecule has 1 unspecified atom stereocenters. The fourth-order valence-corrected chi connectivity index (χ4v) is 0.892. The first-order chi connectivity index (χ1) is 5.25. The van der Waals surface area contributed by atoms with Crippen molar-refractivity contribution in [2.24, 2.45) is 11.7 Å². The van der Waals surface area contributed by atoms with Gasteiger partial charge in [0.05, 0.1) is 19.8 Å². The van der Waals surface area contributed by atoms with Crippen molar-refractivity contribution in [2.75, 3.05) is 19.8 Å². The lowest BCUT2D eigenvalue weighted by Crippen LogP contribution is -2.48. The molecule has 0 aromatic heterocycles. The maximum absolute atomic E-state index is 11.0. The van der Waals surface area contributed by atoms with Crippen LogP contribution in [0, 0.1) is 5.92 Å². The summed E-state index contributed by atoms with van der Waals surface area (Å²) in [5, 5.41) is 0. The second-order valence-electron chi connectivity index (χ2n) is 2.58. The standard InChI is InChI=1S/C7H13NO3/c1-2-11-7(9)6(8)5-3-10-4-5/h5-6H,2-4,8H2,1H3. The summed E-state index contributed by atoms with van der Waals surface area (Å²) < 4.78 is 9.64. The van der Waals surface area contributed by atoms with Gasteiger partial charge in [0.25, 0.3) is 0 Å². The molecule has 0 aromatic carbocycles. The van der Waals surface area contributed by atoms with Crippen molar-refractivity contribution in [3.63, 3.8) is 0 Å². The molecule has 1 saturated heterocycles. The van der Waals surface area contributed by atoms with E-state index in [-0.39, 0.29) is 11.9 Å². The highest BCUT2D eigenvalue weighted by atomic mass is 16.5. The Morgan fingerprint density at radius 2 is 2.45 bits per heavy atom. The predicted molar refractivity (Wildman–Crippen MR) is 38.9 cm³/mol. The summed E-state index contributed by atoms with van der Waals surface area (Å²) in [4.78, 5) is 11.0. The quantitative estimate of drug-likeness (QED) is 0.565. The normalized spacial score (nSPS) is 20.5. The van der Waals surface area contributed by atoms with Gasteiger partial charge in [-0.05, 0) is 6.92 Å². The summed E-state index contributed by atoms with van der Waals surface area (Å²) in [6.07, 6.45) is 0. The van der Waals surface area contributed by atoms with Crippen molar-refractivity contribution < 1.29 is 14.3 Å². The van der Waals surface area contributed by atoms with Gasteiger partial charge in [0.2, 0.25) is 0 Å². The lowest BCUT2D eigenvalue weighted by molar-refractivity contribution is -0.151. The van der Waals surface area contributed by atoms with Crippen LogP contribution in [0.5, 0.6) is 0 Å². The Labute approximate surface area is 65.7 Å². The zero-order valence-electron chi connectivity index (χ0n) is 6.58. The molecule has 1 aliphatic heterocycles. The van der Waals surface area contributed by atoms with E-state index in [1.807, 2.05) is 0 Å². The molecule has 4 nitrogen and oxygen atoms in total. The molecule has 1 aliphatic rings. The second-order valence-corrected chi connectivity index (χ2v) is 2.58. The molecule has 0 aliphatic carbocycles. The van der Waals surface area contributed by atoms with Gasteiger partial charge in [-0.3, -0.25) is 4.79 Å². The molecule has 2 N–H and O–H groups in total. The van der Waals surface area contributed by atoms with Crippen molar-refractivity contribution in [2.45, 2.75) is 13.0 Å². The molecule has 0 aromatic rings. The Balaban J connectivity index is 2.27. The van der Waals surface area contributed by atoms with Gasteiger partial charge in [0, 0.05) is 5.92 Å². The maximum atomic E-state index is 11.0. The Morgan fingerprint density at radius 1 is 1.82 bits per heavy atom. The molecule has 4 heteroatoms. The van der Waals surface area contributed by atoms with Crippen LogP contribution in [0.1, 0.15) is 6.92 Å². The van der Waals surface area contributed by atoms with Crippen LogP contribution in [0.2, 0.25) is 0 Å². The van der Waals surface area contributed by atoms with E-state index in [4.69, 9.17) is 15.2 Å². The zero-order valence-corrected chi connectivity index (χ0v) is 6.58. The Bertz CT molecular complexity index is 145. The number of esters is 1. The Kier molecular flexibility index (Phi) is 2.84. The van der Waals surface area contributed by atoms with Crippen LogP contribution in [0.25, 0.3) is 0 Å². The third kappa shape index (κ3) is 1.91. The summed E-state index contributed by atoms with van der Waals surface area (Å²) in [6, 6.07) is -0.497. The van der Waals surface area contributed by atoms with Gasteiger partial charge in [0.1, 0.15) is 6.04 Å². The minimum atomic E-state index is -0.497. The van der Waals surface area contributed by atoms with Gasteiger partial charge in [-0.25, -0.2) is 0 Å². The number of ether oxygens (including phenoxy) is 2. The van der Waals surface area contributed by atoms with Gasteiger partial charge >= 0.3 is 5.97 Å². The predicted octanol–water partition coefficient (Wildman–Crippen LogP) is -0.477. The highest BCUT2D eigenvalue weighted by Gasteiger charge is 2.31. The van der Waals surface area contributed by atoms with Crippen molar-refractivity contribution >= 4 is 5.97 Å². The average Bonchev–Trinajstić information content (AvgIpc) is 1.84. The van der Waals surface area contributed by atoms with Crippen LogP contribution in [0.15, 0.2) is 0 Å². The first kappa shape index (κ1) is 8.49. The van der Waals surface area contributed by atoms with Crippen molar-refractivity contribution in [3.05, 3.63) is 0 Å². The van der Waals surface area contributed by atoms with Gasteiger partial charge in [-0.1, -0.05) is 0 Å². The fourth-order valence-electron chi connectivity index (χ4n) is 0.892. The molecule has 1 fully saturated rings. The third-order valence-corrected chi connectivity index (χ3v) is 1.73. The van der Waals surface area contributed by atoms with Gasteiger partial charge in [-0.2, -0.15) is 0 Å². The highest BCUT2D eigenvalue weighted by Crippen LogP contribution is 2.13. The number of hydrogen-bond acceptors (Lipinski definition) is 4. The SMILES string of the molecule is CCOC(=O)C(N)C1COC1. The smallest absolute Gasteiger partial charge is 0.323 e. The molecule has 0 saturated carbocycles. The van der Waals surface area contributed by atoms with E-state index in [0.29, 0.717) is 19.8 Å². The molecular weight excluding hydrogens is 146 g/mol. The zero-order chi connectivity index (χ0) is 8.27. The number of hydrogen-bond donors (Lipinski definition) is 1. The number of carbonyl (C=O) groups excluding carboxylic acids is 1. The number of nitrogens with two attached hydrogens (primary N) is 1. The molecule has 0 radical (unpaired) electrons. The summed E-state index contributed by atoms with van der Waals surface area (Å²) >= 11 is 0. The second kappa shape index (κ2) is 3.69. The van der Waals surface area contributed by atoms with Crippen LogP contribution in [0.4, 0.5) is 0 Å². The first-order valence-electron chi connectivity index (χ1n) is 3.75. The summed E-state index contributed by atoms with van der Waals surface area (Å²) in [5.41, 5.74) is 5.55. The van der Waals surface area contributed by atoms with E-state index in [2.05, 4.69) is 0 Å². The number of carbonyl (C=O) groups is 1. The largest absolute Gasteiger partial charge is 0.465 e. The van der Waals surface area contributed by atoms with Crippen molar-refractivity contribution in [1.82, 2.24) is 0 Å². The summed E-state index contributed by atoms with van der Waals surface area (Å²) in [6.45, 7) is 3.32. The first-order valence-corrected chi connectivity index (χ1v) is 3.75. The molecule has 0 bridgehead atoms. The van der Waals surface area contributed by atoms with E-state index in [0.717, 1.165) is 0 Å². The molecular formula is C7H13NO3. The van der Waals surface area contributed by atoms with Gasteiger partial charge in [-0.15, -0.1) is 0 Å². The minimum Gasteiger partial charge on any atom is -0.465 e. The van der Waals surface area contributed by atoms with E-state index in [1.54, 1.807) is 6.92 Å². The van der Waals surface area contributed by atoms with Gasteiger partial charge < -0.3 is 15.2 Å². The van der Waals surface area contributed by atoms with Crippen molar-refractivity contribution in [1.29, 1.82) is 0 Å². The lowest BCUT2D eigenvalue weighted by atomic mass is 9.99. The van der Waals surface area contributed by atoms with Crippen LogP contribution in [0.3, 0.4) is 0 Å². The molecule has 11 heavy (non-hydrogen) atoms. The Morgan fingerprint density at radius 3 is 2.82 bits per heavy atom. The highest BCUT2D eigenvalue weighted by molar-refractivity contribution is 5.76. The molecule has 1 heterocycles. The molecule has 1 rings (SSSR count). The minimum absolute atomic E-state index is 0.161. The van der Waals surface area contributed by atoms with E-state index < -0.39 is 6.04 Å². The van der Waals surface area contributed by atoms with Crippen LogP contribution in [-0.4, -0.2) is 31.8 Å². The van der Waals surface area contributed by atoms with Crippen molar-refractivity contribution in [3.8, 4) is 0 Å². The average molecular weight is 159 g/mol. The molecule has 64 valence electrons. The number of rotatable bonds is 3. The monoisotopic (exact) mass is 159 g/mol. The fraction of sp³-hybridized carbons (Fsp3) is 0.857. The van der Waals surface area contributed by atoms with Crippen LogP contribution >= 0.6 is 0 Å².